The van der Waals surface area contributed by atoms with E-state index < -0.39 is 17.9 Å². The molecule has 1 aromatic heterocycles. The van der Waals surface area contributed by atoms with Crippen molar-refractivity contribution in [3.8, 4) is 5.75 Å². The number of ether oxygens (including phenoxy) is 3. The first kappa shape index (κ1) is 21.6. The lowest BCUT2D eigenvalue weighted by Gasteiger charge is -2.16. The Kier molecular flexibility index (Phi) is 7.69. The maximum Gasteiger partial charge on any atom is 0.320 e. The molecule has 0 saturated heterocycles. The van der Waals surface area contributed by atoms with Gasteiger partial charge in [-0.05, 0) is 36.9 Å². The molecule has 0 saturated carbocycles. The van der Waals surface area contributed by atoms with Crippen LogP contribution < -0.4 is 4.74 Å². The van der Waals surface area contributed by atoms with Crippen LogP contribution in [0.2, 0.25) is 0 Å². The number of carbonyl (C=O) groups is 3. The normalized spacial score (nSPS) is 10.6. The van der Waals surface area contributed by atoms with Crippen molar-refractivity contribution in [1.82, 2.24) is 4.57 Å². The summed E-state index contributed by atoms with van der Waals surface area (Å²) in [7, 11) is 3.98. The topological polar surface area (TPSA) is 83.8 Å². The molecule has 2 aromatic rings. The number of methoxy groups -OCH3 is 3. The van der Waals surface area contributed by atoms with Gasteiger partial charge in [-0.15, -0.1) is 11.8 Å². The van der Waals surface area contributed by atoms with Gasteiger partial charge in [0.25, 0.3) is 0 Å². The Bertz CT molecular complexity index is 844. The van der Waals surface area contributed by atoms with Crippen molar-refractivity contribution < 1.29 is 28.6 Å². The Balaban J connectivity index is 2.31. The summed E-state index contributed by atoms with van der Waals surface area (Å²) in [5, 5.41) is 0.847. The van der Waals surface area contributed by atoms with Crippen molar-refractivity contribution in [2.45, 2.75) is 18.0 Å². The fraction of sp³-hybridized carbons (Fsp3) is 0.350. The number of esters is 2. The molecule has 28 heavy (non-hydrogen) atoms. The highest BCUT2D eigenvalue weighted by molar-refractivity contribution is 7.98. The van der Waals surface area contributed by atoms with Crippen molar-refractivity contribution in [3.05, 3.63) is 47.7 Å². The molecule has 8 heteroatoms. The van der Waals surface area contributed by atoms with E-state index in [2.05, 4.69) is 0 Å². The van der Waals surface area contributed by atoms with Gasteiger partial charge in [0.15, 0.2) is 5.92 Å². The number of benzene rings is 1. The number of rotatable bonds is 9. The molecule has 1 heterocycles. The SMILES string of the molecule is COC(=O)C(CCn1c(SC)ccc1C(=O)c1cccc(OC)c1)C(=O)OC. The van der Waals surface area contributed by atoms with Gasteiger partial charge in [-0.2, -0.15) is 0 Å². The van der Waals surface area contributed by atoms with Gasteiger partial charge in [0.2, 0.25) is 5.78 Å². The third kappa shape index (κ3) is 4.75. The minimum Gasteiger partial charge on any atom is -0.497 e. The van der Waals surface area contributed by atoms with E-state index in [1.54, 1.807) is 34.9 Å². The van der Waals surface area contributed by atoms with Crippen LogP contribution >= 0.6 is 11.8 Å². The summed E-state index contributed by atoms with van der Waals surface area (Å²) in [5.74, 6) is -1.96. The highest BCUT2D eigenvalue weighted by atomic mass is 32.2. The summed E-state index contributed by atoms with van der Waals surface area (Å²) in [6.07, 6.45) is 2.05. The Labute approximate surface area is 168 Å². The predicted molar refractivity (Wildman–Crippen MR) is 105 cm³/mol. The largest absolute Gasteiger partial charge is 0.497 e. The van der Waals surface area contributed by atoms with E-state index >= 15 is 0 Å². The molecular weight excluding hydrogens is 382 g/mol. The Morgan fingerprint density at radius 3 is 2.29 bits per heavy atom. The van der Waals surface area contributed by atoms with Crippen LogP contribution in [0.1, 0.15) is 22.5 Å². The zero-order valence-electron chi connectivity index (χ0n) is 16.3. The lowest BCUT2D eigenvalue weighted by atomic mass is 10.1. The van der Waals surface area contributed by atoms with Gasteiger partial charge in [-0.3, -0.25) is 14.4 Å². The first-order valence-corrected chi connectivity index (χ1v) is 9.77. The number of thioether (sulfide) groups is 1. The summed E-state index contributed by atoms with van der Waals surface area (Å²) >= 11 is 1.47. The third-order valence-electron chi connectivity index (χ3n) is 4.33. The van der Waals surface area contributed by atoms with Crippen molar-refractivity contribution in [2.24, 2.45) is 5.92 Å². The van der Waals surface area contributed by atoms with Gasteiger partial charge in [-0.1, -0.05) is 12.1 Å². The summed E-state index contributed by atoms with van der Waals surface area (Å²) < 4.78 is 16.4. The summed E-state index contributed by atoms with van der Waals surface area (Å²) in [4.78, 5) is 36.9. The average Bonchev–Trinajstić information content (AvgIpc) is 3.15. The maximum atomic E-state index is 13.0. The van der Waals surface area contributed by atoms with Crippen molar-refractivity contribution >= 4 is 29.5 Å². The van der Waals surface area contributed by atoms with Crippen molar-refractivity contribution in [2.75, 3.05) is 27.6 Å². The van der Waals surface area contributed by atoms with Gasteiger partial charge in [0.05, 0.1) is 32.0 Å². The van der Waals surface area contributed by atoms with Crippen LogP contribution in [0, 0.1) is 5.92 Å². The number of ketones is 1. The van der Waals surface area contributed by atoms with Gasteiger partial charge < -0.3 is 18.8 Å². The van der Waals surface area contributed by atoms with Crippen LogP contribution in [-0.2, 0) is 25.6 Å². The van der Waals surface area contributed by atoms with Crippen LogP contribution in [0.15, 0.2) is 41.4 Å². The molecule has 2 rings (SSSR count). The molecule has 0 aliphatic rings. The molecule has 7 nitrogen and oxygen atoms in total. The lowest BCUT2D eigenvalue weighted by Crippen LogP contribution is -2.28. The van der Waals surface area contributed by atoms with Crippen LogP contribution in [-0.4, -0.2) is 49.9 Å². The fourth-order valence-electron chi connectivity index (χ4n) is 2.84. The van der Waals surface area contributed by atoms with Crippen molar-refractivity contribution in [3.63, 3.8) is 0 Å². The van der Waals surface area contributed by atoms with E-state index in [9.17, 15) is 14.4 Å². The number of hydrogen-bond donors (Lipinski definition) is 0. The minimum atomic E-state index is -1.05. The van der Waals surface area contributed by atoms with E-state index in [4.69, 9.17) is 14.2 Å². The number of hydrogen-bond acceptors (Lipinski definition) is 7. The molecule has 0 amide bonds. The van der Waals surface area contributed by atoms with Gasteiger partial charge in [0, 0.05) is 12.1 Å². The molecular formula is C20H23NO6S. The summed E-state index contributed by atoms with van der Waals surface area (Å²) in [6, 6.07) is 10.5. The molecule has 150 valence electrons. The van der Waals surface area contributed by atoms with Gasteiger partial charge in [0.1, 0.15) is 5.75 Å². The highest BCUT2D eigenvalue weighted by Crippen LogP contribution is 2.24. The molecule has 0 fully saturated rings. The van der Waals surface area contributed by atoms with E-state index in [-0.39, 0.29) is 18.7 Å². The second-order valence-corrected chi connectivity index (χ2v) is 6.69. The smallest absolute Gasteiger partial charge is 0.320 e. The van der Waals surface area contributed by atoms with Crippen LogP contribution in [0.25, 0.3) is 0 Å². The first-order chi connectivity index (χ1) is 13.5. The second-order valence-electron chi connectivity index (χ2n) is 5.86. The predicted octanol–water partition coefficient (Wildman–Crippen LogP) is 2.80. The molecule has 0 spiro atoms. The fourth-order valence-corrected chi connectivity index (χ4v) is 3.46. The molecule has 0 N–H and O–H groups in total. The number of aromatic nitrogens is 1. The van der Waals surface area contributed by atoms with E-state index in [0.29, 0.717) is 17.0 Å². The minimum absolute atomic E-state index is 0.153. The highest BCUT2D eigenvalue weighted by Gasteiger charge is 2.29. The number of carbonyl (C=O) groups excluding carboxylic acids is 3. The molecule has 0 bridgehead atoms. The average molecular weight is 405 g/mol. The lowest BCUT2D eigenvalue weighted by molar-refractivity contribution is -0.159. The molecule has 0 atom stereocenters. The Morgan fingerprint density at radius 1 is 1.04 bits per heavy atom. The van der Waals surface area contributed by atoms with E-state index in [1.165, 1.54) is 33.1 Å². The quantitative estimate of drug-likeness (QED) is 0.274. The molecule has 1 aromatic carbocycles. The summed E-state index contributed by atoms with van der Waals surface area (Å²) in [6.45, 7) is 0.281. The van der Waals surface area contributed by atoms with Crippen LogP contribution in [0.3, 0.4) is 0 Å². The van der Waals surface area contributed by atoms with Crippen LogP contribution in [0.5, 0.6) is 5.75 Å². The summed E-state index contributed by atoms with van der Waals surface area (Å²) in [5.41, 5.74) is 0.954. The van der Waals surface area contributed by atoms with E-state index in [0.717, 1.165) is 5.03 Å². The first-order valence-electron chi connectivity index (χ1n) is 8.54. The zero-order valence-corrected chi connectivity index (χ0v) is 17.1. The van der Waals surface area contributed by atoms with Crippen LogP contribution in [0.4, 0.5) is 0 Å². The molecule has 0 aliphatic carbocycles. The monoisotopic (exact) mass is 405 g/mol. The van der Waals surface area contributed by atoms with Crippen molar-refractivity contribution in [1.29, 1.82) is 0 Å². The molecule has 0 radical (unpaired) electrons. The van der Waals surface area contributed by atoms with Gasteiger partial charge >= 0.3 is 11.9 Å². The number of nitrogens with zero attached hydrogens (tertiary/aromatic N) is 1. The Hall–Kier alpha value is -2.74. The van der Waals surface area contributed by atoms with Gasteiger partial charge in [-0.25, -0.2) is 0 Å². The van der Waals surface area contributed by atoms with E-state index in [1.807, 2.05) is 12.3 Å². The molecule has 0 aliphatic heterocycles. The molecule has 0 unspecified atom stereocenters. The maximum absolute atomic E-state index is 13.0. The zero-order chi connectivity index (χ0) is 20.7. The standard InChI is InChI=1S/C20H23NO6S/c1-25-14-7-5-6-13(12-14)18(22)16-8-9-17(28-4)21(16)11-10-15(19(23)26-2)20(24)27-3/h5-9,12,15H,10-11H2,1-4H3. The third-order valence-corrected chi connectivity index (χ3v) is 5.10. The Morgan fingerprint density at radius 2 is 1.71 bits per heavy atom. The second kappa shape index (κ2) is 9.98.